The molecule has 2 aromatic rings. The van der Waals surface area contributed by atoms with Gasteiger partial charge < -0.3 is 5.32 Å². The molecule has 0 spiro atoms. The maximum Gasteiger partial charge on any atom is 0.224 e. The van der Waals surface area contributed by atoms with Gasteiger partial charge in [-0.05, 0) is 55.2 Å². The fraction of sp³-hybridized carbons (Fsp3) is 0.222. The Hall–Kier alpha value is -2.60. The Morgan fingerprint density at radius 1 is 1.14 bits per heavy atom. The van der Waals surface area contributed by atoms with Gasteiger partial charge in [0.1, 0.15) is 0 Å². The van der Waals surface area contributed by atoms with Gasteiger partial charge in [0, 0.05) is 12.1 Å². The zero-order valence-electron chi connectivity index (χ0n) is 12.3. The van der Waals surface area contributed by atoms with Crippen LogP contribution >= 0.6 is 0 Å². The molecule has 0 saturated carbocycles. The Morgan fingerprint density at radius 3 is 2.52 bits per heavy atom. The number of hydrogen-bond acceptors (Lipinski definition) is 2. The monoisotopic (exact) mass is 278 g/mol. The molecule has 0 heterocycles. The third kappa shape index (κ3) is 4.19. The highest BCUT2D eigenvalue weighted by molar-refractivity contribution is 5.91. The van der Waals surface area contributed by atoms with Crippen molar-refractivity contribution in [2.75, 3.05) is 5.32 Å². The number of nitriles is 1. The summed E-state index contributed by atoms with van der Waals surface area (Å²) in [4.78, 5) is 12.0. The number of anilines is 1. The minimum absolute atomic E-state index is 0.00746. The fourth-order valence-corrected chi connectivity index (χ4v) is 2.09. The first-order valence-corrected chi connectivity index (χ1v) is 6.94. The first-order valence-electron chi connectivity index (χ1n) is 6.94. The van der Waals surface area contributed by atoms with E-state index in [0.717, 1.165) is 22.4 Å². The van der Waals surface area contributed by atoms with Crippen molar-refractivity contribution in [3.8, 4) is 6.07 Å². The first-order chi connectivity index (χ1) is 10.1. The maximum atomic E-state index is 12.0. The molecule has 0 aliphatic rings. The van der Waals surface area contributed by atoms with E-state index in [2.05, 4.69) is 11.4 Å². The SMILES string of the molecule is Cc1ccc(C)c(NC(=O)CCc2ccc(C#N)cc2)c1. The van der Waals surface area contributed by atoms with Crippen molar-refractivity contribution in [3.05, 3.63) is 64.7 Å². The number of benzene rings is 2. The van der Waals surface area contributed by atoms with Crippen LogP contribution in [0, 0.1) is 25.2 Å². The van der Waals surface area contributed by atoms with Gasteiger partial charge in [-0.3, -0.25) is 4.79 Å². The normalized spacial score (nSPS) is 9.95. The van der Waals surface area contributed by atoms with Crippen molar-refractivity contribution in [3.63, 3.8) is 0 Å². The number of amides is 1. The van der Waals surface area contributed by atoms with Gasteiger partial charge in [0.25, 0.3) is 0 Å². The first kappa shape index (κ1) is 14.8. The minimum Gasteiger partial charge on any atom is -0.326 e. The van der Waals surface area contributed by atoms with Crippen LogP contribution in [0.15, 0.2) is 42.5 Å². The van der Waals surface area contributed by atoms with Crippen molar-refractivity contribution in [2.24, 2.45) is 0 Å². The number of carbonyl (C=O) groups is 1. The highest BCUT2D eigenvalue weighted by Crippen LogP contribution is 2.17. The Bertz CT molecular complexity index is 681. The summed E-state index contributed by atoms with van der Waals surface area (Å²) in [6, 6.07) is 15.4. The molecule has 1 N–H and O–H groups in total. The van der Waals surface area contributed by atoms with Gasteiger partial charge in [0.2, 0.25) is 5.91 Å². The van der Waals surface area contributed by atoms with E-state index in [1.807, 2.05) is 44.2 Å². The second kappa shape index (κ2) is 6.71. The number of hydrogen-bond donors (Lipinski definition) is 1. The van der Waals surface area contributed by atoms with E-state index in [1.165, 1.54) is 0 Å². The highest BCUT2D eigenvalue weighted by atomic mass is 16.1. The van der Waals surface area contributed by atoms with Crippen LogP contribution in [0.2, 0.25) is 0 Å². The molecule has 0 fully saturated rings. The molecule has 2 rings (SSSR count). The van der Waals surface area contributed by atoms with Gasteiger partial charge in [-0.25, -0.2) is 0 Å². The molecule has 0 radical (unpaired) electrons. The molecule has 21 heavy (non-hydrogen) atoms. The topological polar surface area (TPSA) is 52.9 Å². The Labute approximate surface area is 125 Å². The maximum absolute atomic E-state index is 12.0. The van der Waals surface area contributed by atoms with Crippen molar-refractivity contribution in [2.45, 2.75) is 26.7 Å². The summed E-state index contributed by atoms with van der Waals surface area (Å²) in [5.41, 5.74) is 4.76. The summed E-state index contributed by atoms with van der Waals surface area (Å²) in [7, 11) is 0. The van der Waals surface area contributed by atoms with E-state index in [4.69, 9.17) is 5.26 Å². The zero-order chi connectivity index (χ0) is 15.2. The van der Waals surface area contributed by atoms with E-state index in [-0.39, 0.29) is 5.91 Å². The predicted octanol–water partition coefficient (Wildman–Crippen LogP) is 3.75. The van der Waals surface area contributed by atoms with Crippen molar-refractivity contribution >= 4 is 11.6 Å². The standard InChI is InChI=1S/C18H18N2O/c1-13-3-4-14(2)17(11-13)20-18(21)10-9-15-5-7-16(12-19)8-6-15/h3-8,11H,9-10H2,1-2H3,(H,20,21). The van der Waals surface area contributed by atoms with Gasteiger partial charge in [0.15, 0.2) is 0 Å². The Kier molecular flexibility index (Phi) is 4.73. The molecule has 0 aromatic heterocycles. The van der Waals surface area contributed by atoms with Gasteiger partial charge in [-0.1, -0.05) is 24.3 Å². The zero-order valence-corrected chi connectivity index (χ0v) is 12.3. The van der Waals surface area contributed by atoms with E-state index < -0.39 is 0 Å². The summed E-state index contributed by atoms with van der Waals surface area (Å²) in [5, 5.41) is 11.7. The summed E-state index contributed by atoms with van der Waals surface area (Å²) >= 11 is 0. The van der Waals surface area contributed by atoms with E-state index in [1.54, 1.807) is 12.1 Å². The average molecular weight is 278 g/mol. The smallest absolute Gasteiger partial charge is 0.224 e. The second-order valence-electron chi connectivity index (χ2n) is 5.18. The lowest BCUT2D eigenvalue weighted by Crippen LogP contribution is -2.13. The summed E-state index contributed by atoms with van der Waals surface area (Å²) in [6.07, 6.45) is 1.10. The van der Waals surface area contributed by atoms with Crippen LogP contribution in [0.25, 0.3) is 0 Å². The third-order valence-electron chi connectivity index (χ3n) is 3.39. The lowest BCUT2D eigenvalue weighted by Gasteiger charge is -2.09. The van der Waals surface area contributed by atoms with Gasteiger partial charge in [0.05, 0.1) is 11.6 Å². The van der Waals surface area contributed by atoms with E-state index in [9.17, 15) is 4.79 Å². The van der Waals surface area contributed by atoms with Gasteiger partial charge >= 0.3 is 0 Å². The molecule has 0 atom stereocenters. The molecular formula is C18H18N2O. The van der Waals surface area contributed by atoms with Crippen LogP contribution in [-0.4, -0.2) is 5.91 Å². The van der Waals surface area contributed by atoms with Crippen LogP contribution in [0.3, 0.4) is 0 Å². The highest BCUT2D eigenvalue weighted by Gasteiger charge is 2.05. The molecule has 1 amide bonds. The van der Waals surface area contributed by atoms with E-state index >= 15 is 0 Å². The molecule has 0 aliphatic carbocycles. The molecule has 0 saturated heterocycles. The summed E-state index contributed by atoms with van der Waals surface area (Å²) in [5.74, 6) is 0.00746. The second-order valence-corrected chi connectivity index (χ2v) is 5.18. The number of carbonyl (C=O) groups excluding carboxylic acids is 1. The average Bonchev–Trinajstić information content (AvgIpc) is 2.49. The van der Waals surface area contributed by atoms with Crippen molar-refractivity contribution in [1.29, 1.82) is 5.26 Å². The summed E-state index contributed by atoms with van der Waals surface area (Å²) < 4.78 is 0. The fourth-order valence-electron chi connectivity index (χ4n) is 2.09. The van der Waals surface area contributed by atoms with E-state index in [0.29, 0.717) is 18.4 Å². The van der Waals surface area contributed by atoms with Gasteiger partial charge in [-0.15, -0.1) is 0 Å². The molecule has 3 nitrogen and oxygen atoms in total. The van der Waals surface area contributed by atoms with Gasteiger partial charge in [-0.2, -0.15) is 5.26 Å². The number of rotatable bonds is 4. The quantitative estimate of drug-likeness (QED) is 0.926. The number of nitrogens with zero attached hydrogens (tertiary/aromatic N) is 1. The molecule has 0 aliphatic heterocycles. The summed E-state index contributed by atoms with van der Waals surface area (Å²) in [6.45, 7) is 3.99. The Balaban J connectivity index is 1.92. The minimum atomic E-state index is 0.00746. The number of aryl methyl sites for hydroxylation is 3. The van der Waals surface area contributed by atoms with Crippen LogP contribution in [-0.2, 0) is 11.2 Å². The lowest BCUT2D eigenvalue weighted by atomic mass is 10.1. The largest absolute Gasteiger partial charge is 0.326 e. The Morgan fingerprint density at radius 2 is 1.86 bits per heavy atom. The molecule has 0 unspecified atom stereocenters. The van der Waals surface area contributed by atoms with Crippen molar-refractivity contribution in [1.82, 2.24) is 0 Å². The van der Waals surface area contributed by atoms with Crippen LogP contribution < -0.4 is 5.32 Å². The van der Waals surface area contributed by atoms with Crippen LogP contribution in [0.5, 0.6) is 0 Å². The molecule has 106 valence electrons. The molecule has 3 heteroatoms. The van der Waals surface area contributed by atoms with Crippen LogP contribution in [0.1, 0.15) is 28.7 Å². The molecule has 2 aromatic carbocycles. The predicted molar refractivity (Wildman–Crippen MR) is 84.0 cm³/mol. The van der Waals surface area contributed by atoms with Crippen molar-refractivity contribution < 1.29 is 4.79 Å². The molecular weight excluding hydrogens is 260 g/mol. The number of nitrogens with one attached hydrogen (secondary N) is 1. The third-order valence-corrected chi connectivity index (χ3v) is 3.39. The van der Waals surface area contributed by atoms with Crippen LogP contribution in [0.4, 0.5) is 5.69 Å². The molecule has 0 bridgehead atoms. The lowest BCUT2D eigenvalue weighted by molar-refractivity contribution is -0.116.